The fraction of sp³-hybridized carbons (Fsp3) is 0.444. The number of Topliss-reactive ketones (excluding diaryl/α,β-unsaturated/α-hetero) is 1. The number of carbonyl (C=O) groups is 1. The van der Waals surface area contributed by atoms with Crippen molar-refractivity contribution in [3.63, 3.8) is 0 Å². The first-order valence-electron chi connectivity index (χ1n) is 3.69. The van der Waals surface area contributed by atoms with Crippen molar-refractivity contribution in [1.82, 2.24) is 4.90 Å². The molecule has 0 rings (SSSR count). The molecule has 0 saturated carbocycles. The number of carbonyl (C=O) groups excluding carboxylic acids is 1. The number of hydrogen-bond donors (Lipinski definition) is 0. The zero-order chi connectivity index (χ0) is 8.85. The van der Waals surface area contributed by atoms with E-state index in [1.807, 2.05) is 11.8 Å². The van der Waals surface area contributed by atoms with Gasteiger partial charge in [0, 0.05) is 18.3 Å². The zero-order valence-corrected chi connectivity index (χ0v) is 7.42. The first-order chi connectivity index (χ1) is 5.11. The van der Waals surface area contributed by atoms with Gasteiger partial charge in [0.15, 0.2) is 5.78 Å². The number of allylic oxidation sites excluding steroid dienone is 1. The van der Waals surface area contributed by atoms with Gasteiger partial charge in [0.1, 0.15) is 0 Å². The number of rotatable bonds is 4. The summed E-state index contributed by atoms with van der Waals surface area (Å²) in [6, 6.07) is 0. The first kappa shape index (κ1) is 9.95. The lowest BCUT2D eigenvalue weighted by Crippen LogP contribution is -2.09. The molecule has 0 bridgehead atoms. The largest absolute Gasteiger partial charge is 0.355 e. The van der Waals surface area contributed by atoms with Gasteiger partial charge in [-0.05, 0) is 27.0 Å². The van der Waals surface area contributed by atoms with E-state index in [0.29, 0.717) is 0 Å². The second kappa shape index (κ2) is 4.72. The molecule has 0 aromatic heterocycles. The third kappa shape index (κ3) is 3.61. The van der Waals surface area contributed by atoms with Gasteiger partial charge in [0.2, 0.25) is 0 Å². The van der Waals surface area contributed by atoms with Crippen LogP contribution in [0.3, 0.4) is 0 Å². The van der Waals surface area contributed by atoms with Crippen molar-refractivity contribution in [3.05, 3.63) is 24.6 Å². The van der Waals surface area contributed by atoms with Crippen LogP contribution in [0.25, 0.3) is 0 Å². The fourth-order valence-corrected chi connectivity index (χ4v) is 0.613. The number of ketones is 1. The zero-order valence-electron chi connectivity index (χ0n) is 7.42. The minimum Gasteiger partial charge on any atom is -0.355 e. The maximum atomic E-state index is 10.8. The van der Waals surface area contributed by atoms with Crippen molar-refractivity contribution in [2.45, 2.75) is 20.8 Å². The predicted molar refractivity (Wildman–Crippen MR) is 47.0 cm³/mol. The van der Waals surface area contributed by atoms with Gasteiger partial charge in [-0.2, -0.15) is 0 Å². The molecule has 0 heterocycles. The highest BCUT2D eigenvalue weighted by molar-refractivity contribution is 5.92. The van der Waals surface area contributed by atoms with E-state index in [-0.39, 0.29) is 5.78 Å². The van der Waals surface area contributed by atoms with Crippen LogP contribution in [0.1, 0.15) is 20.8 Å². The summed E-state index contributed by atoms with van der Waals surface area (Å²) in [6.45, 7) is 9.82. The molecular formula is C9H15NO. The molecule has 0 N–H and O–H groups in total. The maximum absolute atomic E-state index is 10.8. The first-order valence-corrected chi connectivity index (χ1v) is 3.69. The smallest absolute Gasteiger partial charge is 0.156 e. The van der Waals surface area contributed by atoms with Gasteiger partial charge in [-0.3, -0.25) is 4.79 Å². The summed E-state index contributed by atoms with van der Waals surface area (Å²) in [5.74, 6) is 0.102. The van der Waals surface area contributed by atoms with Crippen molar-refractivity contribution < 1.29 is 4.79 Å². The Bertz CT molecular complexity index is 182. The molecule has 2 nitrogen and oxygen atoms in total. The Balaban J connectivity index is 4.25. The second-order valence-corrected chi connectivity index (χ2v) is 2.38. The normalized spacial score (nSPS) is 11.0. The van der Waals surface area contributed by atoms with Gasteiger partial charge in [0.25, 0.3) is 0 Å². The average molecular weight is 153 g/mol. The summed E-state index contributed by atoms with van der Waals surface area (Å²) in [6.07, 6.45) is 3.50. The average Bonchev–Trinajstić information content (AvgIpc) is 1.99. The van der Waals surface area contributed by atoms with Crippen LogP contribution in [-0.4, -0.2) is 17.2 Å². The molecule has 11 heavy (non-hydrogen) atoms. The van der Waals surface area contributed by atoms with Gasteiger partial charge in [0.05, 0.1) is 0 Å². The molecule has 0 aromatic carbocycles. The molecule has 0 aromatic rings. The van der Waals surface area contributed by atoms with Crippen molar-refractivity contribution in [3.8, 4) is 0 Å². The van der Waals surface area contributed by atoms with Crippen LogP contribution >= 0.6 is 0 Å². The molecule has 0 radical (unpaired) electrons. The molecule has 0 aliphatic heterocycles. The maximum Gasteiger partial charge on any atom is 0.156 e. The third-order valence-corrected chi connectivity index (χ3v) is 1.51. The van der Waals surface area contributed by atoms with Crippen LogP contribution in [0.15, 0.2) is 24.6 Å². The lowest BCUT2D eigenvalue weighted by molar-refractivity contribution is -0.113. The number of hydrogen-bond acceptors (Lipinski definition) is 2. The van der Waals surface area contributed by atoms with Crippen molar-refractivity contribution in [2.75, 3.05) is 6.54 Å². The van der Waals surface area contributed by atoms with E-state index in [1.165, 1.54) is 0 Å². The van der Waals surface area contributed by atoms with Crippen LogP contribution in [-0.2, 0) is 4.79 Å². The fourth-order valence-electron chi connectivity index (χ4n) is 0.613. The lowest BCUT2D eigenvalue weighted by Gasteiger charge is -2.11. The molecule has 0 spiro atoms. The van der Waals surface area contributed by atoms with E-state index < -0.39 is 0 Å². The number of nitrogens with zero attached hydrogens (tertiary/aromatic N) is 1. The van der Waals surface area contributed by atoms with Crippen LogP contribution < -0.4 is 0 Å². The van der Waals surface area contributed by atoms with E-state index in [2.05, 4.69) is 6.58 Å². The highest BCUT2D eigenvalue weighted by atomic mass is 16.1. The summed E-state index contributed by atoms with van der Waals surface area (Å²) in [5, 5.41) is 0. The standard InChI is InChI=1S/C9H15NO/c1-5-10(6-2)7-8(3)9(4)11/h5,7H,1,6H2,2-4H3/b8-7+. The summed E-state index contributed by atoms with van der Waals surface area (Å²) >= 11 is 0. The summed E-state index contributed by atoms with van der Waals surface area (Å²) < 4.78 is 0. The molecule has 0 unspecified atom stereocenters. The Labute approximate surface area is 68.2 Å². The van der Waals surface area contributed by atoms with Gasteiger partial charge >= 0.3 is 0 Å². The van der Waals surface area contributed by atoms with E-state index in [1.54, 1.807) is 26.2 Å². The van der Waals surface area contributed by atoms with E-state index in [9.17, 15) is 4.79 Å². The Hall–Kier alpha value is -1.05. The molecule has 0 fully saturated rings. The minimum atomic E-state index is 0.102. The SMILES string of the molecule is C=CN(/C=C(\C)C(C)=O)CC. The van der Waals surface area contributed by atoms with Gasteiger partial charge in [-0.15, -0.1) is 0 Å². The highest BCUT2D eigenvalue weighted by Gasteiger charge is 1.96. The second-order valence-electron chi connectivity index (χ2n) is 2.38. The van der Waals surface area contributed by atoms with Crippen molar-refractivity contribution in [1.29, 1.82) is 0 Å². The van der Waals surface area contributed by atoms with E-state index >= 15 is 0 Å². The Morgan fingerprint density at radius 2 is 2.09 bits per heavy atom. The van der Waals surface area contributed by atoms with E-state index in [4.69, 9.17) is 0 Å². The Kier molecular flexibility index (Phi) is 4.27. The monoisotopic (exact) mass is 153 g/mol. The highest BCUT2D eigenvalue weighted by Crippen LogP contribution is 1.98. The summed E-state index contributed by atoms with van der Waals surface area (Å²) in [7, 11) is 0. The van der Waals surface area contributed by atoms with Gasteiger partial charge in [-0.25, -0.2) is 0 Å². The van der Waals surface area contributed by atoms with Crippen LogP contribution in [0, 0.1) is 0 Å². The molecule has 0 amide bonds. The van der Waals surface area contributed by atoms with Crippen molar-refractivity contribution in [2.24, 2.45) is 0 Å². The molecule has 0 atom stereocenters. The van der Waals surface area contributed by atoms with Crippen LogP contribution in [0.5, 0.6) is 0 Å². The van der Waals surface area contributed by atoms with Gasteiger partial charge in [-0.1, -0.05) is 6.58 Å². The molecule has 62 valence electrons. The molecule has 0 aliphatic rings. The lowest BCUT2D eigenvalue weighted by atomic mass is 10.2. The topological polar surface area (TPSA) is 20.3 Å². The molecule has 0 saturated heterocycles. The van der Waals surface area contributed by atoms with E-state index in [0.717, 1.165) is 12.1 Å². The minimum absolute atomic E-state index is 0.102. The van der Waals surface area contributed by atoms with Crippen LogP contribution in [0.2, 0.25) is 0 Å². The quantitative estimate of drug-likeness (QED) is 0.575. The predicted octanol–water partition coefficient (Wildman–Crippen LogP) is 1.94. The summed E-state index contributed by atoms with van der Waals surface area (Å²) in [4.78, 5) is 12.7. The van der Waals surface area contributed by atoms with Crippen LogP contribution in [0.4, 0.5) is 0 Å². The Morgan fingerprint density at radius 3 is 2.36 bits per heavy atom. The molecule has 2 heteroatoms. The summed E-state index contributed by atoms with van der Waals surface area (Å²) in [5.41, 5.74) is 0.756. The Morgan fingerprint density at radius 1 is 1.55 bits per heavy atom. The van der Waals surface area contributed by atoms with Crippen molar-refractivity contribution >= 4 is 5.78 Å². The molecular weight excluding hydrogens is 138 g/mol. The van der Waals surface area contributed by atoms with Gasteiger partial charge < -0.3 is 4.90 Å². The molecule has 0 aliphatic carbocycles. The third-order valence-electron chi connectivity index (χ3n) is 1.51.